The van der Waals surface area contributed by atoms with E-state index in [1.807, 2.05) is 12.1 Å². The lowest BCUT2D eigenvalue weighted by molar-refractivity contribution is -0.121. The van der Waals surface area contributed by atoms with Gasteiger partial charge in [-0.25, -0.2) is 13.8 Å². The lowest BCUT2D eigenvalue weighted by Gasteiger charge is -2.13. The topological polar surface area (TPSA) is 91.6 Å². The molecule has 0 fully saturated rings. The molecule has 2 aromatic carbocycles. The summed E-state index contributed by atoms with van der Waals surface area (Å²) in [6, 6.07) is 13.3. The Morgan fingerprint density at radius 1 is 1.03 bits per heavy atom. The highest BCUT2D eigenvalue weighted by Gasteiger charge is 2.17. The summed E-state index contributed by atoms with van der Waals surface area (Å²) in [6.45, 7) is -0.192. The number of thiophene rings is 1. The van der Waals surface area contributed by atoms with Crippen LogP contribution >= 0.6 is 11.3 Å². The molecule has 2 aromatic heterocycles. The van der Waals surface area contributed by atoms with Gasteiger partial charge in [-0.1, -0.05) is 24.3 Å². The quantitative estimate of drug-likeness (QED) is 0.384. The van der Waals surface area contributed by atoms with Crippen LogP contribution in [0.2, 0.25) is 0 Å². The molecule has 2 heterocycles. The molecule has 1 amide bonds. The Bertz CT molecular complexity index is 1490. The van der Waals surface area contributed by atoms with E-state index in [1.54, 1.807) is 49.9 Å². The first-order chi connectivity index (χ1) is 16.9. The summed E-state index contributed by atoms with van der Waals surface area (Å²) in [7, 11) is 3.10. The molecule has 4 aromatic rings. The molecule has 0 spiro atoms. The minimum absolute atomic E-state index is 0.0556. The Labute approximate surface area is 204 Å². The standard InChI is InChI=1S/C25H24FN3O5S/c1-33-20-8-7-16(13-21(20)34-2)9-11-27-22(30)15-29-24(31)23-19(10-12-35-23)28(25(29)32)14-17-5-3-4-6-18(17)26/h3-8,10,12-13H,9,11,14-15H2,1-2H3,(H,27,30). The van der Waals surface area contributed by atoms with Crippen LogP contribution < -0.4 is 26.0 Å². The van der Waals surface area contributed by atoms with Gasteiger partial charge in [0, 0.05) is 12.1 Å². The van der Waals surface area contributed by atoms with E-state index in [-0.39, 0.29) is 6.54 Å². The number of halogens is 1. The van der Waals surface area contributed by atoms with E-state index in [9.17, 15) is 18.8 Å². The SMILES string of the molecule is COc1ccc(CCNC(=O)Cn2c(=O)c3sccc3n(Cc3ccccc3F)c2=O)cc1OC. The van der Waals surface area contributed by atoms with Crippen molar-refractivity contribution in [3.05, 3.63) is 91.7 Å². The first-order valence-electron chi connectivity index (χ1n) is 10.8. The maximum Gasteiger partial charge on any atom is 0.332 e. The number of nitrogens with one attached hydrogen (secondary N) is 1. The molecule has 0 atom stereocenters. The first kappa shape index (κ1) is 24.2. The minimum Gasteiger partial charge on any atom is -0.493 e. The van der Waals surface area contributed by atoms with Gasteiger partial charge in [-0.2, -0.15) is 0 Å². The molecule has 0 aliphatic carbocycles. The van der Waals surface area contributed by atoms with Crippen LogP contribution in [-0.4, -0.2) is 35.8 Å². The fourth-order valence-electron chi connectivity index (χ4n) is 3.80. The van der Waals surface area contributed by atoms with Gasteiger partial charge in [0.15, 0.2) is 11.5 Å². The number of hydrogen-bond acceptors (Lipinski definition) is 6. The summed E-state index contributed by atoms with van der Waals surface area (Å²) in [6.07, 6.45) is 0.516. The number of carbonyl (C=O) groups excluding carboxylic acids is 1. The largest absolute Gasteiger partial charge is 0.493 e. The van der Waals surface area contributed by atoms with E-state index in [2.05, 4.69) is 5.32 Å². The highest BCUT2D eigenvalue weighted by molar-refractivity contribution is 7.17. The number of benzene rings is 2. The number of fused-ring (bicyclic) bond motifs is 1. The van der Waals surface area contributed by atoms with Gasteiger partial charge in [0.05, 0.1) is 26.3 Å². The number of amides is 1. The van der Waals surface area contributed by atoms with Crippen LogP contribution in [0, 0.1) is 5.82 Å². The highest BCUT2D eigenvalue weighted by Crippen LogP contribution is 2.27. The van der Waals surface area contributed by atoms with Crippen LogP contribution in [0.3, 0.4) is 0 Å². The van der Waals surface area contributed by atoms with E-state index >= 15 is 0 Å². The van der Waals surface area contributed by atoms with E-state index in [1.165, 1.54) is 22.0 Å². The van der Waals surface area contributed by atoms with E-state index in [4.69, 9.17) is 9.47 Å². The van der Waals surface area contributed by atoms with Gasteiger partial charge in [-0.15, -0.1) is 11.3 Å². The smallest absolute Gasteiger partial charge is 0.332 e. The normalized spacial score (nSPS) is 10.9. The van der Waals surface area contributed by atoms with Crippen molar-refractivity contribution >= 4 is 27.5 Å². The number of aromatic nitrogens is 2. The number of carbonyl (C=O) groups is 1. The molecule has 0 saturated heterocycles. The van der Waals surface area contributed by atoms with Gasteiger partial charge < -0.3 is 14.8 Å². The predicted octanol–water partition coefficient (Wildman–Crippen LogP) is 2.79. The van der Waals surface area contributed by atoms with Crippen LogP contribution in [0.5, 0.6) is 11.5 Å². The Kier molecular flexibility index (Phi) is 7.31. The zero-order valence-electron chi connectivity index (χ0n) is 19.2. The second kappa shape index (κ2) is 10.6. The molecule has 8 nitrogen and oxygen atoms in total. The third kappa shape index (κ3) is 5.12. The molecule has 0 aliphatic rings. The summed E-state index contributed by atoms with van der Waals surface area (Å²) < 4.78 is 27.3. The molecule has 182 valence electrons. The van der Waals surface area contributed by atoms with Crippen molar-refractivity contribution in [2.24, 2.45) is 0 Å². The third-order valence-corrected chi connectivity index (χ3v) is 6.50. The summed E-state index contributed by atoms with van der Waals surface area (Å²) in [4.78, 5) is 38.7. The van der Waals surface area contributed by atoms with Crippen LogP contribution in [0.15, 0.2) is 63.5 Å². The summed E-state index contributed by atoms with van der Waals surface area (Å²) in [5, 5.41) is 4.44. The number of hydrogen-bond donors (Lipinski definition) is 1. The lowest BCUT2D eigenvalue weighted by atomic mass is 10.1. The zero-order valence-corrected chi connectivity index (χ0v) is 20.1. The Morgan fingerprint density at radius 2 is 1.80 bits per heavy atom. The van der Waals surface area contributed by atoms with Crippen molar-refractivity contribution in [3.8, 4) is 11.5 Å². The molecule has 0 radical (unpaired) electrons. The molecule has 0 bridgehead atoms. The molecular weight excluding hydrogens is 473 g/mol. The van der Waals surface area contributed by atoms with Gasteiger partial charge >= 0.3 is 5.69 Å². The van der Waals surface area contributed by atoms with Crippen molar-refractivity contribution in [3.63, 3.8) is 0 Å². The monoisotopic (exact) mass is 497 g/mol. The van der Waals surface area contributed by atoms with Crippen molar-refractivity contribution < 1.29 is 18.7 Å². The van der Waals surface area contributed by atoms with E-state index in [0.29, 0.717) is 40.2 Å². The lowest BCUT2D eigenvalue weighted by Crippen LogP contribution is -2.44. The fraction of sp³-hybridized carbons (Fsp3) is 0.240. The Hall–Kier alpha value is -3.92. The second-order valence-electron chi connectivity index (χ2n) is 7.78. The fourth-order valence-corrected chi connectivity index (χ4v) is 4.65. The van der Waals surface area contributed by atoms with E-state index in [0.717, 1.165) is 10.1 Å². The molecule has 10 heteroatoms. The molecule has 4 rings (SSSR count). The maximum absolute atomic E-state index is 14.2. The zero-order chi connectivity index (χ0) is 24.9. The van der Waals surface area contributed by atoms with Crippen molar-refractivity contribution in [2.75, 3.05) is 20.8 Å². The van der Waals surface area contributed by atoms with Crippen LogP contribution in [0.1, 0.15) is 11.1 Å². The van der Waals surface area contributed by atoms with Crippen LogP contribution in [0.4, 0.5) is 4.39 Å². The van der Waals surface area contributed by atoms with Crippen LogP contribution in [-0.2, 0) is 24.3 Å². The molecule has 0 saturated carbocycles. The van der Waals surface area contributed by atoms with Gasteiger partial charge in [0.25, 0.3) is 5.56 Å². The number of methoxy groups -OCH3 is 2. The molecule has 1 N–H and O–H groups in total. The van der Waals surface area contributed by atoms with Crippen molar-refractivity contribution in [1.29, 1.82) is 0 Å². The number of rotatable bonds is 9. The van der Waals surface area contributed by atoms with Gasteiger partial charge in [-0.3, -0.25) is 14.2 Å². The van der Waals surface area contributed by atoms with Gasteiger partial charge in [-0.05, 0) is 41.6 Å². The van der Waals surface area contributed by atoms with Gasteiger partial charge in [0.2, 0.25) is 5.91 Å². The molecule has 0 unspecified atom stereocenters. The third-order valence-electron chi connectivity index (χ3n) is 5.61. The first-order valence-corrected chi connectivity index (χ1v) is 11.7. The predicted molar refractivity (Wildman–Crippen MR) is 132 cm³/mol. The average molecular weight is 498 g/mol. The minimum atomic E-state index is -0.667. The average Bonchev–Trinajstić information content (AvgIpc) is 3.35. The van der Waals surface area contributed by atoms with Crippen molar-refractivity contribution in [1.82, 2.24) is 14.5 Å². The van der Waals surface area contributed by atoms with Gasteiger partial charge in [0.1, 0.15) is 17.1 Å². The van der Waals surface area contributed by atoms with Crippen LogP contribution in [0.25, 0.3) is 10.2 Å². The Morgan fingerprint density at radius 3 is 2.54 bits per heavy atom. The summed E-state index contributed by atoms with van der Waals surface area (Å²) >= 11 is 1.17. The molecule has 35 heavy (non-hydrogen) atoms. The van der Waals surface area contributed by atoms with E-state index < -0.39 is 29.5 Å². The molecule has 0 aliphatic heterocycles. The van der Waals surface area contributed by atoms with Crippen molar-refractivity contribution in [2.45, 2.75) is 19.5 Å². The summed E-state index contributed by atoms with van der Waals surface area (Å²) in [5.41, 5.74) is 0.441. The number of nitrogens with zero attached hydrogens (tertiary/aromatic N) is 2. The second-order valence-corrected chi connectivity index (χ2v) is 8.69. The molecular formula is C25H24FN3O5S. The summed E-state index contributed by atoms with van der Waals surface area (Å²) in [5.74, 6) is 0.268. The Balaban J connectivity index is 1.52. The maximum atomic E-state index is 14.2. The number of ether oxygens (including phenoxy) is 2. The highest BCUT2D eigenvalue weighted by atomic mass is 32.1.